The molecule has 0 atom stereocenters. The largest absolute Gasteiger partial charge is 0.366 e. The Morgan fingerprint density at radius 1 is 1.00 bits per heavy atom. The van der Waals surface area contributed by atoms with E-state index in [-0.39, 0.29) is 5.56 Å². The van der Waals surface area contributed by atoms with E-state index >= 15 is 0 Å². The van der Waals surface area contributed by atoms with Crippen LogP contribution < -0.4 is 10.6 Å². The molecular formula is C20H17F2N3O. The van der Waals surface area contributed by atoms with E-state index in [1.807, 2.05) is 31.2 Å². The van der Waals surface area contributed by atoms with Gasteiger partial charge >= 0.3 is 0 Å². The second-order valence-corrected chi connectivity index (χ2v) is 5.76. The number of aromatic nitrogens is 1. The number of benzene rings is 2. The number of nitrogens with one attached hydrogen (secondary N) is 2. The number of hydrogen-bond acceptors (Lipinski definition) is 3. The molecule has 1 aromatic heterocycles. The molecular weight excluding hydrogens is 336 g/mol. The summed E-state index contributed by atoms with van der Waals surface area (Å²) < 4.78 is 27.2. The third kappa shape index (κ3) is 4.03. The number of nitrogens with zero attached hydrogens (tertiary/aromatic N) is 1. The summed E-state index contributed by atoms with van der Waals surface area (Å²) in [7, 11) is 0. The Hall–Kier alpha value is -3.28. The van der Waals surface area contributed by atoms with Crippen molar-refractivity contribution in [1.82, 2.24) is 4.98 Å². The van der Waals surface area contributed by atoms with Crippen LogP contribution in [-0.2, 0) is 6.54 Å². The molecule has 0 saturated carbocycles. The summed E-state index contributed by atoms with van der Waals surface area (Å²) in [4.78, 5) is 16.3. The van der Waals surface area contributed by atoms with Gasteiger partial charge in [-0.2, -0.15) is 0 Å². The van der Waals surface area contributed by atoms with Crippen molar-refractivity contribution >= 4 is 17.4 Å². The van der Waals surface area contributed by atoms with Gasteiger partial charge in [0.25, 0.3) is 5.91 Å². The summed E-state index contributed by atoms with van der Waals surface area (Å²) in [6.07, 6.45) is 1.36. The van der Waals surface area contributed by atoms with Gasteiger partial charge in [0, 0.05) is 12.7 Å². The van der Waals surface area contributed by atoms with Gasteiger partial charge in [-0.15, -0.1) is 0 Å². The molecule has 0 radical (unpaired) electrons. The lowest BCUT2D eigenvalue weighted by Crippen LogP contribution is -2.15. The van der Waals surface area contributed by atoms with E-state index in [2.05, 4.69) is 15.6 Å². The summed E-state index contributed by atoms with van der Waals surface area (Å²) >= 11 is 0. The maximum Gasteiger partial charge on any atom is 0.257 e. The van der Waals surface area contributed by atoms with Crippen molar-refractivity contribution in [2.24, 2.45) is 0 Å². The van der Waals surface area contributed by atoms with Gasteiger partial charge in [0.1, 0.15) is 23.1 Å². The average Bonchev–Trinajstić information content (AvgIpc) is 2.64. The molecule has 2 aromatic carbocycles. The number of pyridine rings is 1. The number of amides is 1. The smallest absolute Gasteiger partial charge is 0.257 e. The van der Waals surface area contributed by atoms with Crippen LogP contribution in [0.3, 0.4) is 0 Å². The SMILES string of the molecule is Cc1ccccc1CNc1ccc(C(=O)Nc2c(F)cccc2F)cn1. The van der Waals surface area contributed by atoms with E-state index in [4.69, 9.17) is 0 Å². The van der Waals surface area contributed by atoms with Gasteiger partial charge in [-0.3, -0.25) is 4.79 Å². The van der Waals surface area contributed by atoms with Crippen molar-refractivity contribution in [2.45, 2.75) is 13.5 Å². The minimum absolute atomic E-state index is 0.203. The van der Waals surface area contributed by atoms with Gasteiger partial charge in [0.2, 0.25) is 0 Å². The second kappa shape index (κ2) is 7.74. The first kappa shape index (κ1) is 17.5. The van der Waals surface area contributed by atoms with E-state index in [9.17, 15) is 13.6 Å². The monoisotopic (exact) mass is 353 g/mol. The predicted molar refractivity (Wildman–Crippen MR) is 97.1 cm³/mol. The lowest BCUT2D eigenvalue weighted by Gasteiger charge is -2.10. The zero-order valence-electron chi connectivity index (χ0n) is 14.1. The average molecular weight is 353 g/mol. The maximum atomic E-state index is 13.6. The highest BCUT2D eigenvalue weighted by Crippen LogP contribution is 2.19. The van der Waals surface area contributed by atoms with Gasteiger partial charge in [0.05, 0.1) is 5.56 Å². The molecule has 0 aliphatic carbocycles. The highest BCUT2D eigenvalue weighted by molar-refractivity contribution is 6.04. The van der Waals surface area contributed by atoms with E-state index in [0.29, 0.717) is 12.4 Å². The van der Waals surface area contributed by atoms with Crippen LogP contribution in [0.4, 0.5) is 20.3 Å². The van der Waals surface area contributed by atoms with Crippen LogP contribution in [0.5, 0.6) is 0 Å². The van der Waals surface area contributed by atoms with Crippen molar-refractivity contribution in [3.63, 3.8) is 0 Å². The molecule has 3 aromatic rings. The van der Waals surface area contributed by atoms with Crippen LogP contribution in [0.25, 0.3) is 0 Å². The third-order valence-electron chi connectivity index (χ3n) is 3.95. The van der Waals surface area contributed by atoms with E-state index in [1.54, 1.807) is 12.1 Å². The lowest BCUT2D eigenvalue weighted by atomic mass is 10.1. The van der Waals surface area contributed by atoms with Gasteiger partial charge in [-0.25, -0.2) is 13.8 Å². The molecule has 0 fully saturated rings. The fraction of sp³-hybridized carbons (Fsp3) is 0.100. The van der Waals surface area contributed by atoms with Crippen LogP contribution >= 0.6 is 0 Å². The van der Waals surface area contributed by atoms with Crippen LogP contribution in [0, 0.1) is 18.6 Å². The Balaban J connectivity index is 1.65. The molecule has 0 unspecified atom stereocenters. The molecule has 26 heavy (non-hydrogen) atoms. The number of anilines is 2. The first-order chi connectivity index (χ1) is 12.5. The molecule has 4 nitrogen and oxygen atoms in total. The van der Waals surface area contributed by atoms with Gasteiger partial charge < -0.3 is 10.6 Å². The van der Waals surface area contributed by atoms with Gasteiger partial charge in [-0.1, -0.05) is 30.3 Å². The number of carbonyl (C=O) groups is 1. The van der Waals surface area contributed by atoms with E-state index in [1.165, 1.54) is 17.8 Å². The molecule has 3 rings (SSSR count). The zero-order valence-corrected chi connectivity index (χ0v) is 14.1. The first-order valence-electron chi connectivity index (χ1n) is 8.04. The van der Waals surface area contributed by atoms with Crippen molar-refractivity contribution in [3.8, 4) is 0 Å². The number of hydrogen-bond donors (Lipinski definition) is 2. The number of carbonyl (C=O) groups excluding carboxylic acids is 1. The maximum absolute atomic E-state index is 13.6. The lowest BCUT2D eigenvalue weighted by molar-refractivity contribution is 0.102. The minimum Gasteiger partial charge on any atom is -0.366 e. The number of para-hydroxylation sites is 1. The summed E-state index contributed by atoms with van der Waals surface area (Å²) in [6, 6.07) is 14.6. The molecule has 6 heteroatoms. The van der Waals surface area contributed by atoms with Gasteiger partial charge in [-0.05, 0) is 42.3 Å². The summed E-state index contributed by atoms with van der Waals surface area (Å²) in [5.41, 5.74) is 2.04. The Morgan fingerprint density at radius 2 is 1.73 bits per heavy atom. The quantitative estimate of drug-likeness (QED) is 0.708. The Morgan fingerprint density at radius 3 is 2.38 bits per heavy atom. The van der Waals surface area contributed by atoms with Crippen molar-refractivity contribution in [3.05, 3.63) is 89.1 Å². The highest BCUT2D eigenvalue weighted by Gasteiger charge is 2.13. The fourth-order valence-corrected chi connectivity index (χ4v) is 2.43. The normalized spacial score (nSPS) is 10.4. The zero-order chi connectivity index (χ0) is 18.5. The number of halogens is 2. The minimum atomic E-state index is -0.831. The Kier molecular flexibility index (Phi) is 5.22. The van der Waals surface area contributed by atoms with Gasteiger partial charge in [0.15, 0.2) is 0 Å². The topological polar surface area (TPSA) is 54.0 Å². The van der Waals surface area contributed by atoms with Crippen molar-refractivity contribution in [1.29, 1.82) is 0 Å². The molecule has 0 spiro atoms. The predicted octanol–water partition coefficient (Wildman–Crippen LogP) is 4.53. The molecule has 0 saturated heterocycles. The Labute approximate surface area is 149 Å². The number of aryl methyl sites for hydroxylation is 1. The molecule has 1 amide bonds. The molecule has 0 bridgehead atoms. The fourth-order valence-electron chi connectivity index (χ4n) is 2.43. The van der Waals surface area contributed by atoms with E-state index in [0.717, 1.165) is 17.7 Å². The molecule has 2 N–H and O–H groups in total. The number of rotatable bonds is 5. The Bertz CT molecular complexity index is 906. The standard InChI is InChI=1S/C20H17F2N3O/c1-13-5-2-3-6-14(13)11-23-18-10-9-15(12-24-18)20(26)25-19-16(21)7-4-8-17(19)22/h2-10,12H,11H2,1H3,(H,23,24)(H,25,26). The second-order valence-electron chi connectivity index (χ2n) is 5.76. The first-order valence-corrected chi connectivity index (χ1v) is 8.04. The van der Waals surface area contributed by atoms with Crippen LogP contribution in [-0.4, -0.2) is 10.9 Å². The molecule has 0 aliphatic rings. The van der Waals surface area contributed by atoms with Crippen molar-refractivity contribution in [2.75, 3.05) is 10.6 Å². The summed E-state index contributed by atoms with van der Waals surface area (Å²) in [6.45, 7) is 2.63. The molecule has 1 heterocycles. The van der Waals surface area contributed by atoms with Crippen LogP contribution in [0.15, 0.2) is 60.8 Å². The van der Waals surface area contributed by atoms with E-state index < -0.39 is 23.2 Å². The third-order valence-corrected chi connectivity index (χ3v) is 3.95. The summed E-state index contributed by atoms with van der Waals surface area (Å²) in [5, 5.41) is 5.40. The highest BCUT2D eigenvalue weighted by atomic mass is 19.1. The summed E-state index contributed by atoms with van der Waals surface area (Å²) in [5.74, 6) is -1.69. The molecule has 132 valence electrons. The van der Waals surface area contributed by atoms with Crippen LogP contribution in [0.1, 0.15) is 21.5 Å². The van der Waals surface area contributed by atoms with Crippen LogP contribution in [0.2, 0.25) is 0 Å². The molecule has 0 aliphatic heterocycles. The van der Waals surface area contributed by atoms with Crippen molar-refractivity contribution < 1.29 is 13.6 Å².